The number of phenolic OH excluding ortho intramolecular Hbond substituents is 6. The Balaban J connectivity index is 1.38. The van der Waals surface area contributed by atoms with Gasteiger partial charge in [-0.1, -0.05) is 94.4 Å². The van der Waals surface area contributed by atoms with Gasteiger partial charge in [0.05, 0.1) is 5.76 Å². The smallest absolute Gasteiger partial charge is 0.123 e. The highest BCUT2D eigenvalue weighted by molar-refractivity contribution is 5.56. The summed E-state index contributed by atoms with van der Waals surface area (Å²) >= 11 is 0. The van der Waals surface area contributed by atoms with Gasteiger partial charge in [-0.2, -0.15) is 0 Å². The van der Waals surface area contributed by atoms with Crippen LogP contribution in [0.5, 0.6) is 34.5 Å². The van der Waals surface area contributed by atoms with Crippen molar-refractivity contribution in [1.82, 2.24) is 0 Å². The molecule has 1 unspecified atom stereocenters. The van der Waals surface area contributed by atoms with Crippen LogP contribution in [0.15, 0.2) is 126 Å². The van der Waals surface area contributed by atoms with Gasteiger partial charge in [0, 0.05) is 63.6 Å². The molecule has 274 valence electrons. The lowest BCUT2D eigenvalue weighted by Gasteiger charge is -2.36. The van der Waals surface area contributed by atoms with Crippen LogP contribution >= 0.6 is 0 Å². The molecule has 0 fully saturated rings. The Hall–Kier alpha value is -6.02. The lowest BCUT2D eigenvalue weighted by atomic mass is 9.68. The first-order chi connectivity index (χ1) is 25.0. The van der Waals surface area contributed by atoms with Gasteiger partial charge in [0.1, 0.15) is 40.3 Å². The lowest BCUT2D eigenvalue weighted by molar-refractivity contribution is 0.339. The van der Waals surface area contributed by atoms with Gasteiger partial charge in [0.25, 0.3) is 0 Å². The van der Waals surface area contributed by atoms with Crippen molar-refractivity contribution in [3.63, 3.8) is 0 Å². The summed E-state index contributed by atoms with van der Waals surface area (Å²) in [6.07, 6.45) is 2.89. The quantitative estimate of drug-likeness (QED) is 0.0710. The number of aliphatic hydroxyl groups excluding tert-OH is 2. The summed E-state index contributed by atoms with van der Waals surface area (Å²) in [6.45, 7) is 8.13. The minimum absolute atomic E-state index is 0.0368. The molecule has 1 aliphatic carbocycles. The molecule has 5 aromatic rings. The number of phenols is 6. The fraction of sp³-hybridized carbons (Fsp3) is 0.244. The molecular weight excluding hydrogens is 668 g/mol. The topological polar surface area (TPSA) is 162 Å². The monoisotopic (exact) mass is 714 g/mol. The van der Waals surface area contributed by atoms with Crippen LogP contribution in [0.1, 0.15) is 79.5 Å². The average Bonchev–Trinajstić information content (AvgIpc) is 3.08. The fourth-order valence-corrected chi connectivity index (χ4v) is 8.04. The molecule has 0 heterocycles. The summed E-state index contributed by atoms with van der Waals surface area (Å²) in [4.78, 5) is 0. The molecule has 5 aromatic carbocycles. The summed E-state index contributed by atoms with van der Waals surface area (Å²) in [6, 6.07) is 29.7. The minimum Gasteiger partial charge on any atom is -0.512 e. The van der Waals surface area contributed by atoms with E-state index in [2.05, 4.69) is 38.1 Å². The van der Waals surface area contributed by atoms with E-state index in [9.17, 15) is 40.9 Å². The van der Waals surface area contributed by atoms with Crippen LogP contribution < -0.4 is 0 Å². The largest absolute Gasteiger partial charge is 0.512 e. The number of hydrogen-bond donors (Lipinski definition) is 8. The van der Waals surface area contributed by atoms with Crippen LogP contribution in [0.4, 0.5) is 0 Å². The number of aliphatic hydroxyl groups is 2. The molecule has 0 bridgehead atoms. The first-order valence-corrected chi connectivity index (χ1v) is 17.6. The molecule has 53 heavy (non-hydrogen) atoms. The van der Waals surface area contributed by atoms with Crippen molar-refractivity contribution in [2.24, 2.45) is 0 Å². The van der Waals surface area contributed by atoms with Crippen LogP contribution in [0, 0.1) is 0 Å². The van der Waals surface area contributed by atoms with Crippen molar-refractivity contribution < 1.29 is 40.9 Å². The number of hydrogen-bond acceptors (Lipinski definition) is 8. The molecule has 0 saturated heterocycles. The lowest BCUT2D eigenvalue weighted by Crippen LogP contribution is -2.30. The molecule has 6 rings (SSSR count). The molecule has 0 amide bonds. The fourth-order valence-electron chi connectivity index (χ4n) is 8.04. The van der Waals surface area contributed by atoms with E-state index in [-0.39, 0.29) is 46.0 Å². The standard InChI is InChI=1S/C45H46O8/c1-43(2,29-9-5-7-27(19-29)25-44(3,35-15-11-31(46)21-39(35)50)36-16-12-32(47)22-40(36)51)30-10-6-8-28(20-30)26-45(4,37-17-13-33(48)23-41(37)52)38-18-14-34(49)24-42(38)53/h5-13,15-17,19-24,46-53H,14,18,25-26H2,1-4H3. The third-order valence-electron chi connectivity index (χ3n) is 11.0. The van der Waals surface area contributed by atoms with Crippen molar-refractivity contribution in [2.75, 3.05) is 0 Å². The normalized spacial score (nSPS) is 14.8. The van der Waals surface area contributed by atoms with Gasteiger partial charge in [-0.05, 0) is 65.3 Å². The van der Waals surface area contributed by atoms with Crippen molar-refractivity contribution in [3.8, 4) is 34.5 Å². The summed E-state index contributed by atoms with van der Waals surface area (Å²) < 4.78 is 0. The molecule has 1 atom stereocenters. The van der Waals surface area contributed by atoms with Gasteiger partial charge in [-0.15, -0.1) is 0 Å². The van der Waals surface area contributed by atoms with Gasteiger partial charge < -0.3 is 40.9 Å². The molecule has 0 saturated carbocycles. The van der Waals surface area contributed by atoms with Crippen molar-refractivity contribution >= 4 is 0 Å². The predicted molar refractivity (Wildman–Crippen MR) is 205 cm³/mol. The van der Waals surface area contributed by atoms with Crippen LogP contribution in [-0.2, 0) is 29.1 Å². The van der Waals surface area contributed by atoms with Crippen LogP contribution in [0.2, 0.25) is 0 Å². The van der Waals surface area contributed by atoms with Crippen LogP contribution in [-0.4, -0.2) is 40.9 Å². The van der Waals surface area contributed by atoms with E-state index in [0.717, 1.165) is 22.3 Å². The molecular formula is C45H46O8. The molecule has 1 aliphatic rings. The van der Waals surface area contributed by atoms with Crippen molar-refractivity contribution in [1.29, 1.82) is 0 Å². The maximum atomic E-state index is 11.1. The van der Waals surface area contributed by atoms with Crippen molar-refractivity contribution in [2.45, 2.75) is 69.6 Å². The van der Waals surface area contributed by atoms with E-state index in [1.807, 2.05) is 38.1 Å². The van der Waals surface area contributed by atoms with E-state index < -0.39 is 16.2 Å². The Morgan fingerprint density at radius 2 is 0.887 bits per heavy atom. The van der Waals surface area contributed by atoms with Gasteiger partial charge in [-0.25, -0.2) is 0 Å². The third kappa shape index (κ3) is 7.09. The van der Waals surface area contributed by atoms with Gasteiger partial charge in [0.15, 0.2) is 0 Å². The Morgan fingerprint density at radius 1 is 0.472 bits per heavy atom. The van der Waals surface area contributed by atoms with Crippen LogP contribution in [0.25, 0.3) is 0 Å². The van der Waals surface area contributed by atoms with Gasteiger partial charge >= 0.3 is 0 Å². The number of benzene rings is 5. The van der Waals surface area contributed by atoms with E-state index in [4.69, 9.17) is 0 Å². The van der Waals surface area contributed by atoms with E-state index >= 15 is 0 Å². The zero-order valence-corrected chi connectivity index (χ0v) is 30.3. The SMILES string of the molecule is CC(Cc1cccc(C(C)(C)c2cccc(CC(C)(c3ccc(O)cc3O)c3ccc(O)cc3O)c2)c1)(C1=C(O)C=C(O)CC1)c1ccc(O)cc1O. The first kappa shape index (κ1) is 36.8. The molecule has 0 aromatic heterocycles. The van der Waals surface area contributed by atoms with Gasteiger partial charge in [0.2, 0.25) is 0 Å². The van der Waals surface area contributed by atoms with Crippen molar-refractivity contribution in [3.05, 3.63) is 165 Å². The highest BCUT2D eigenvalue weighted by Crippen LogP contribution is 2.47. The number of allylic oxidation sites excluding steroid dienone is 3. The summed E-state index contributed by atoms with van der Waals surface area (Å²) in [7, 11) is 0. The second-order valence-corrected chi connectivity index (χ2v) is 15.1. The maximum Gasteiger partial charge on any atom is 0.123 e. The first-order valence-electron chi connectivity index (χ1n) is 17.6. The highest BCUT2D eigenvalue weighted by atomic mass is 16.3. The summed E-state index contributed by atoms with van der Waals surface area (Å²) in [5.74, 6) is -0.514. The Kier molecular flexibility index (Phi) is 9.60. The molecule has 8 nitrogen and oxygen atoms in total. The Bertz CT molecular complexity index is 2200. The molecule has 0 radical (unpaired) electrons. The summed E-state index contributed by atoms with van der Waals surface area (Å²) in [5, 5.41) is 84.4. The average molecular weight is 715 g/mol. The zero-order valence-electron chi connectivity index (χ0n) is 30.3. The van der Waals surface area contributed by atoms with E-state index in [0.29, 0.717) is 47.9 Å². The minimum atomic E-state index is -0.964. The van der Waals surface area contributed by atoms with E-state index in [1.165, 1.54) is 42.5 Å². The maximum absolute atomic E-state index is 11.1. The molecule has 0 aliphatic heterocycles. The number of rotatable bonds is 10. The highest BCUT2D eigenvalue weighted by Gasteiger charge is 2.38. The second-order valence-electron chi connectivity index (χ2n) is 15.1. The Labute approximate surface area is 309 Å². The Morgan fingerprint density at radius 3 is 1.30 bits per heavy atom. The summed E-state index contributed by atoms with van der Waals surface area (Å²) in [5.41, 5.74) is 3.82. The second kappa shape index (κ2) is 13.8. The van der Waals surface area contributed by atoms with E-state index in [1.54, 1.807) is 18.2 Å². The third-order valence-corrected chi connectivity index (χ3v) is 11.0. The van der Waals surface area contributed by atoms with Crippen LogP contribution in [0.3, 0.4) is 0 Å². The number of aromatic hydroxyl groups is 6. The molecule has 0 spiro atoms. The van der Waals surface area contributed by atoms with Gasteiger partial charge in [-0.3, -0.25) is 0 Å². The zero-order chi connectivity index (χ0) is 38.3. The molecule has 8 heteroatoms. The predicted octanol–water partition coefficient (Wildman–Crippen LogP) is 9.34. The molecule has 8 N–H and O–H groups in total.